The van der Waals surface area contributed by atoms with Crippen molar-refractivity contribution in [3.05, 3.63) is 0 Å². The Morgan fingerprint density at radius 1 is 1.53 bits per heavy atom. The maximum absolute atomic E-state index is 11.2. The molecule has 17 heavy (non-hydrogen) atoms. The first kappa shape index (κ1) is 14.4. The maximum atomic E-state index is 11.2. The van der Waals surface area contributed by atoms with Crippen LogP contribution in [-0.4, -0.2) is 55.0 Å². The Morgan fingerprint density at radius 3 is 2.94 bits per heavy atom. The monoisotopic (exact) mass is 244 g/mol. The van der Waals surface area contributed by atoms with Crippen LogP contribution in [0.3, 0.4) is 0 Å². The summed E-state index contributed by atoms with van der Waals surface area (Å²) in [6, 6.07) is 0.529. The van der Waals surface area contributed by atoms with Crippen LogP contribution in [0.1, 0.15) is 26.2 Å². The molecule has 1 aliphatic rings. The molecule has 1 heterocycles. The minimum absolute atomic E-state index is 0.306. The van der Waals surface area contributed by atoms with Gasteiger partial charge in [0.1, 0.15) is 0 Å². The molecule has 0 spiro atoms. The van der Waals surface area contributed by atoms with Gasteiger partial charge in [-0.25, -0.2) is 5.84 Å². The number of hydrogen-bond acceptors (Lipinski definition) is 6. The molecule has 1 fully saturated rings. The first-order chi connectivity index (χ1) is 8.17. The van der Waals surface area contributed by atoms with Gasteiger partial charge in [-0.3, -0.25) is 9.69 Å². The van der Waals surface area contributed by atoms with Crippen molar-refractivity contribution in [2.75, 3.05) is 33.2 Å². The zero-order valence-electron chi connectivity index (χ0n) is 10.8. The van der Waals surface area contributed by atoms with Crippen molar-refractivity contribution in [3.8, 4) is 0 Å². The summed E-state index contributed by atoms with van der Waals surface area (Å²) in [4.78, 5) is 20.5. The number of nitrogens with two attached hydrogens (primary N) is 1. The SMILES string of the molecule is CCC1CN(C)CCCN1CCC(=O)ONN. The highest BCUT2D eigenvalue weighted by Crippen LogP contribution is 2.12. The number of hydrazine groups is 1. The zero-order chi connectivity index (χ0) is 12.7. The van der Waals surface area contributed by atoms with E-state index >= 15 is 0 Å². The average molecular weight is 244 g/mol. The minimum atomic E-state index is -0.306. The standard InChI is InChI=1S/C11H24N4O2/c1-3-10-9-14(2)6-4-7-15(10)8-5-11(16)17-13-12/h10,13H,3-9,12H2,1-2H3. The number of hydrogen-bond donors (Lipinski definition) is 2. The van der Waals surface area contributed by atoms with Gasteiger partial charge in [0, 0.05) is 19.1 Å². The van der Waals surface area contributed by atoms with E-state index in [1.54, 1.807) is 0 Å². The average Bonchev–Trinajstić information content (AvgIpc) is 2.48. The van der Waals surface area contributed by atoms with Crippen LogP contribution in [0, 0.1) is 0 Å². The van der Waals surface area contributed by atoms with Gasteiger partial charge in [0.05, 0.1) is 6.42 Å². The zero-order valence-corrected chi connectivity index (χ0v) is 10.8. The summed E-state index contributed by atoms with van der Waals surface area (Å²) in [5.74, 6) is 4.62. The van der Waals surface area contributed by atoms with Crippen molar-refractivity contribution in [3.63, 3.8) is 0 Å². The second kappa shape index (κ2) is 7.60. The lowest BCUT2D eigenvalue weighted by atomic mass is 10.2. The van der Waals surface area contributed by atoms with Gasteiger partial charge in [-0.15, -0.1) is 0 Å². The van der Waals surface area contributed by atoms with Crippen molar-refractivity contribution in [1.82, 2.24) is 15.4 Å². The van der Waals surface area contributed by atoms with Crippen LogP contribution in [0.15, 0.2) is 0 Å². The van der Waals surface area contributed by atoms with Crippen molar-refractivity contribution < 1.29 is 9.63 Å². The number of nitrogens with zero attached hydrogens (tertiary/aromatic N) is 2. The molecule has 1 saturated heterocycles. The van der Waals surface area contributed by atoms with Gasteiger partial charge in [0.15, 0.2) is 0 Å². The van der Waals surface area contributed by atoms with Crippen LogP contribution in [0.5, 0.6) is 0 Å². The molecule has 0 aliphatic carbocycles. The molecule has 1 aliphatic heterocycles. The Labute approximate surface area is 103 Å². The summed E-state index contributed by atoms with van der Waals surface area (Å²) in [6.45, 7) is 6.18. The summed E-state index contributed by atoms with van der Waals surface area (Å²) in [5.41, 5.74) is 1.92. The Morgan fingerprint density at radius 2 is 2.29 bits per heavy atom. The lowest BCUT2D eigenvalue weighted by Gasteiger charge is -2.29. The quantitative estimate of drug-likeness (QED) is 0.512. The van der Waals surface area contributed by atoms with E-state index in [4.69, 9.17) is 5.84 Å². The lowest BCUT2D eigenvalue weighted by molar-refractivity contribution is -0.151. The normalized spacial score (nSPS) is 23.4. The summed E-state index contributed by atoms with van der Waals surface area (Å²) in [7, 11) is 2.15. The molecule has 0 saturated carbocycles. The molecular formula is C11H24N4O2. The molecule has 100 valence electrons. The third kappa shape index (κ3) is 4.99. The van der Waals surface area contributed by atoms with E-state index < -0.39 is 0 Å². The highest BCUT2D eigenvalue weighted by atomic mass is 16.7. The maximum Gasteiger partial charge on any atom is 0.327 e. The Hall–Kier alpha value is -0.690. The number of likely N-dealkylation sites (N-methyl/N-ethyl adjacent to an activating group) is 1. The van der Waals surface area contributed by atoms with Gasteiger partial charge in [0.2, 0.25) is 0 Å². The van der Waals surface area contributed by atoms with Gasteiger partial charge in [-0.1, -0.05) is 12.5 Å². The second-order valence-corrected chi connectivity index (χ2v) is 4.56. The predicted molar refractivity (Wildman–Crippen MR) is 65.8 cm³/mol. The minimum Gasteiger partial charge on any atom is -0.356 e. The molecule has 0 aromatic rings. The number of rotatable bonds is 5. The topological polar surface area (TPSA) is 70.8 Å². The molecule has 0 radical (unpaired) electrons. The van der Waals surface area contributed by atoms with Crippen LogP contribution in [0.4, 0.5) is 0 Å². The fraction of sp³-hybridized carbons (Fsp3) is 0.909. The molecule has 0 bridgehead atoms. The molecule has 1 atom stereocenters. The van der Waals surface area contributed by atoms with E-state index in [0.717, 1.165) is 39.0 Å². The van der Waals surface area contributed by atoms with Gasteiger partial charge in [-0.05, 0) is 33.0 Å². The molecule has 0 amide bonds. The second-order valence-electron chi connectivity index (χ2n) is 4.56. The van der Waals surface area contributed by atoms with E-state index in [1.807, 2.05) is 5.59 Å². The molecule has 6 nitrogen and oxygen atoms in total. The first-order valence-electron chi connectivity index (χ1n) is 6.25. The number of carbonyl (C=O) groups is 1. The van der Waals surface area contributed by atoms with Crippen molar-refractivity contribution >= 4 is 5.97 Å². The Balaban J connectivity index is 2.40. The Kier molecular flexibility index (Phi) is 6.43. The smallest absolute Gasteiger partial charge is 0.327 e. The highest BCUT2D eigenvalue weighted by Gasteiger charge is 2.22. The third-order valence-corrected chi connectivity index (χ3v) is 3.27. The largest absolute Gasteiger partial charge is 0.356 e. The van der Waals surface area contributed by atoms with Gasteiger partial charge >= 0.3 is 5.97 Å². The third-order valence-electron chi connectivity index (χ3n) is 3.27. The van der Waals surface area contributed by atoms with E-state index in [-0.39, 0.29) is 5.97 Å². The number of carbonyl (C=O) groups excluding carboxylic acids is 1. The molecule has 0 aromatic carbocycles. The molecule has 6 heteroatoms. The van der Waals surface area contributed by atoms with E-state index in [2.05, 4.69) is 28.6 Å². The molecule has 1 unspecified atom stereocenters. The summed E-state index contributed by atoms with van der Waals surface area (Å²) in [6.07, 6.45) is 2.64. The lowest BCUT2D eigenvalue weighted by Crippen LogP contribution is -2.41. The van der Waals surface area contributed by atoms with Crippen molar-refractivity contribution in [2.45, 2.75) is 32.2 Å². The van der Waals surface area contributed by atoms with Crippen LogP contribution >= 0.6 is 0 Å². The summed E-state index contributed by atoms with van der Waals surface area (Å²) >= 11 is 0. The van der Waals surface area contributed by atoms with Crippen LogP contribution in [0.25, 0.3) is 0 Å². The summed E-state index contributed by atoms with van der Waals surface area (Å²) < 4.78 is 0. The molecular weight excluding hydrogens is 220 g/mol. The van der Waals surface area contributed by atoms with Crippen molar-refractivity contribution in [1.29, 1.82) is 0 Å². The van der Waals surface area contributed by atoms with E-state index in [9.17, 15) is 4.79 Å². The summed E-state index contributed by atoms with van der Waals surface area (Å²) in [5, 5.41) is 0. The highest BCUT2D eigenvalue weighted by molar-refractivity contribution is 5.69. The molecule has 3 N–H and O–H groups in total. The number of nitrogens with one attached hydrogen (secondary N) is 1. The molecule has 0 aromatic heterocycles. The van der Waals surface area contributed by atoms with Crippen LogP contribution < -0.4 is 11.4 Å². The van der Waals surface area contributed by atoms with Crippen LogP contribution in [0.2, 0.25) is 0 Å². The predicted octanol–water partition coefficient (Wildman–Crippen LogP) is -0.286. The van der Waals surface area contributed by atoms with E-state index in [0.29, 0.717) is 12.5 Å². The van der Waals surface area contributed by atoms with Crippen molar-refractivity contribution in [2.24, 2.45) is 5.84 Å². The van der Waals surface area contributed by atoms with Crippen LogP contribution in [-0.2, 0) is 9.63 Å². The fourth-order valence-electron chi connectivity index (χ4n) is 2.33. The fourth-order valence-corrected chi connectivity index (χ4v) is 2.33. The molecule has 1 rings (SSSR count). The van der Waals surface area contributed by atoms with Gasteiger partial charge in [0.25, 0.3) is 0 Å². The van der Waals surface area contributed by atoms with Gasteiger partial charge < -0.3 is 9.74 Å². The first-order valence-corrected chi connectivity index (χ1v) is 6.25. The van der Waals surface area contributed by atoms with Gasteiger partial charge in [-0.2, -0.15) is 0 Å². The Bertz CT molecular complexity index is 238. The van der Waals surface area contributed by atoms with E-state index in [1.165, 1.54) is 0 Å².